The van der Waals surface area contributed by atoms with Crippen molar-refractivity contribution in [2.24, 2.45) is 5.10 Å². The molecule has 0 aliphatic carbocycles. The monoisotopic (exact) mass is 332 g/mol. The summed E-state index contributed by atoms with van der Waals surface area (Å²) in [5.74, 6) is -0.219. The maximum Gasteiger partial charge on any atom is 0.273 e. The van der Waals surface area contributed by atoms with Crippen LogP contribution in [0.1, 0.15) is 34.2 Å². The highest BCUT2D eigenvalue weighted by Crippen LogP contribution is 2.20. The summed E-state index contributed by atoms with van der Waals surface area (Å²) >= 11 is 0. The molecule has 1 aromatic carbocycles. The first-order chi connectivity index (χ1) is 12.1. The lowest BCUT2D eigenvalue weighted by atomic mass is 10.2. The van der Waals surface area contributed by atoms with Gasteiger partial charge in [0.1, 0.15) is 0 Å². The lowest BCUT2D eigenvalue weighted by Gasteiger charge is -2.09. The molecule has 0 saturated carbocycles. The standard InChI is InChI=1S/C20H20N4O/c1-14-13-19(16(3)24(14)18-7-5-4-6-8-18)20(25)23-22-15(2)17-9-11-21-12-10-17/h4-13H,1-3H3,(H,23,25). The number of carbonyl (C=O) groups excluding carboxylic acids is 1. The molecule has 0 bridgehead atoms. The molecule has 5 nitrogen and oxygen atoms in total. The third kappa shape index (κ3) is 3.50. The maximum absolute atomic E-state index is 12.6. The number of rotatable bonds is 4. The Morgan fingerprint density at radius 2 is 1.76 bits per heavy atom. The summed E-state index contributed by atoms with van der Waals surface area (Å²) in [5.41, 5.74) is 7.84. The van der Waals surface area contributed by atoms with Crippen LogP contribution >= 0.6 is 0 Å². The van der Waals surface area contributed by atoms with Crippen molar-refractivity contribution < 1.29 is 4.79 Å². The van der Waals surface area contributed by atoms with Crippen molar-refractivity contribution in [1.82, 2.24) is 15.0 Å². The predicted molar refractivity (Wildman–Crippen MR) is 99.2 cm³/mol. The smallest absolute Gasteiger partial charge is 0.273 e. The van der Waals surface area contributed by atoms with E-state index in [1.54, 1.807) is 12.4 Å². The first-order valence-corrected chi connectivity index (χ1v) is 8.07. The Balaban J connectivity index is 1.84. The molecule has 3 rings (SSSR count). The molecule has 1 N–H and O–H groups in total. The normalized spacial score (nSPS) is 11.4. The number of nitrogens with one attached hydrogen (secondary N) is 1. The molecule has 1 amide bonds. The Labute approximate surface area is 147 Å². The molecule has 0 aliphatic rings. The van der Waals surface area contributed by atoms with Crippen molar-refractivity contribution >= 4 is 11.6 Å². The summed E-state index contributed by atoms with van der Waals surface area (Å²) in [6, 6.07) is 15.6. The molecule has 0 saturated heterocycles. The van der Waals surface area contributed by atoms with Gasteiger partial charge in [-0.25, -0.2) is 5.43 Å². The number of hydrogen-bond acceptors (Lipinski definition) is 3. The van der Waals surface area contributed by atoms with Gasteiger partial charge < -0.3 is 4.57 Å². The zero-order valence-electron chi connectivity index (χ0n) is 14.5. The van der Waals surface area contributed by atoms with Gasteiger partial charge in [-0.05, 0) is 51.1 Å². The van der Waals surface area contributed by atoms with Gasteiger partial charge in [-0.1, -0.05) is 18.2 Å². The predicted octanol–water partition coefficient (Wildman–Crippen LogP) is 3.64. The van der Waals surface area contributed by atoms with Crippen LogP contribution in [0.2, 0.25) is 0 Å². The minimum atomic E-state index is -0.219. The van der Waals surface area contributed by atoms with Crippen LogP contribution in [-0.2, 0) is 0 Å². The molecule has 2 heterocycles. The molecular weight excluding hydrogens is 312 g/mol. The van der Waals surface area contributed by atoms with Gasteiger partial charge in [-0.15, -0.1) is 0 Å². The van der Waals surface area contributed by atoms with Crippen molar-refractivity contribution in [3.63, 3.8) is 0 Å². The Morgan fingerprint density at radius 3 is 2.44 bits per heavy atom. The van der Waals surface area contributed by atoms with Crippen molar-refractivity contribution in [2.45, 2.75) is 20.8 Å². The van der Waals surface area contributed by atoms with E-state index in [4.69, 9.17) is 0 Å². The summed E-state index contributed by atoms with van der Waals surface area (Å²) < 4.78 is 2.06. The summed E-state index contributed by atoms with van der Waals surface area (Å²) in [7, 11) is 0. The fourth-order valence-electron chi connectivity index (χ4n) is 2.82. The zero-order chi connectivity index (χ0) is 17.8. The average Bonchev–Trinajstić information content (AvgIpc) is 2.95. The largest absolute Gasteiger partial charge is 0.318 e. The van der Waals surface area contributed by atoms with E-state index in [1.165, 1.54) is 0 Å². The first-order valence-electron chi connectivity index (χ1n) is 8.07. The zero-order valence-corrected chi connectivity index (χ0v) is 14.5. The SMILES string of the molecule is CC(=NNC(=O)c1cc(C)n(-c2ccccc2)c1C)c1ccncc1. The molecule has 5 heteroatoms. The number of amides is 1. The Kier molecular flexibility index (Phi) is 4.75. The average molecular weight is 332 g/mol. The van der Waals surface area contributed by atoms with E-state index < -0.39 is 0 Å². The third-order valence-electron chi connectivity index (χ3n) is 4.11. The highest BCUT2D eigenvalue weighted by Gasteiger charge is 2.16. The minimum absolute atomic E-state index is 0.219. The molecule has 0 unspecified atom stereocenters. The number of benzene rings is 1. The van der Waals surface area contributed by atoms with Gasteiger partial charge in [0, 0.05) is 35.0 Å². The van der Waals surface area contributed by atoms with Gasteiger partial charge in [0.2, 0.25) is 0 Å². The van der Waals surface area contributed by atoms with Crippen molar-refractivity contribution in [2.75, 3.05) is 0 Å². The Bertz CT molecular complexity index is 912. The number of nitrogens with zero attached hydrogens (tertiary/aromatic N) is 3. The summed E-state index contributed by atoms with van der Waals surface area (Å²) in [6.45, 7) is 5.78. The number of aromatic nitrogens is 2. The summed E-state index contributed by atoms with van der Waals surface area (Å²) in [4.78, 5) is 16.5. The molecule has 0 aliphatic heterocycles. The van der Waals surface area contributed by atoms with E-state index in [2.05, 4.69) is 20.1 Å². The highest BCUT2D eigenvalue weighted by atomic mass is 16.2. The molecule has 3 aromatic rings. The van der Waals surface area contributed by atoms with Crippen LogP contribution in [-0.4, -0.2) is 21.2 Å². The molecule has 0 atom stereocenters. The van der Waals surface area contributed by atoms with Crippen LogP contribution in [0.15, 0.2) is 66.0 Å². The number of aryl methyl sites for hydroxylation is 1. The number of pyridine rings is 1. The first kappa shape index (κ1) is 16.6. The molecular formula is C20H20N4O. The molecule has 2 aromatic heterocycles. The lowest BCUT2D eigenvalue weighted by molar-refractivity contribution is 0.0954. The number of hydrazone groups is 1. The second kappa shape index (κ2) is 7.13. The van der Waals surface area contributed by atoms with Gasteiger partial charge in [0.15, 0.2) is 0 Å². The molecule has 25 heavy (non-hydrogen) atoms. The van der Waals surface area contributed by atoms with Gasteiger partial charge in [0.25, 0.3) is 5.91 Å². The maximum atomic E-state index is 12.6. The van der Waals surface area contributed by atoms with Crippen LogP contribution in [0.5, 0.6) is 0 Å². The second-order valence-corrected chi connectivity index (χ2v) is 5.83. The van der Waals surface area contributed by atoms with Crippen molar-refractivity contribution in [3.05, 3.63) is 83.4 Å². The van der Waals surface area contributed by atoms with Crippen LogP contribution in [0.25, 0.3) is 5.69 Å². The second-order valence-electron chi connectivity index (χ2n) is 5.83. The molecule has 126 valence electrons. The van der Waals surface area contributed by atoms with Gasteiger partial charge in [-0.3, -0.25) is 9.78 Å². The summed E-state index contributed by atoms with van der Waals surface area (Å²) in [6.07, 6.45) is 3.40. The van der Waals surface area contributed by atoms with Crippen LogP contribution in [0.3, 0.4) is 0 Å². The molecule has 0 radical (unpaired) electrons. The van der Waals surface area contributed by atoms with E-state index in [0.717, 1.165) is 28.4 Å². The quantitative estimate of drug-likeness (QED) is 0.586. The van der Waals surface area contributed by atoms with E-state index in [-0.39, 0.29) is 5.91 Å². The van der Waals surface area contributed by atoms with E-state index in [0.29, 0.717) is 5.56 Å². The highest BCUT2D eigenvalue weighted by molar-refractivity contribution is 6.01. The van der Waals surface area contributed by atoms with Gasteiger partial charge in [-0.2, -0.15) is 5.10 Å². The topological polar surface area (TPSA) is 59.3 Å². The number of para-hydroxylation sites is 1. The van der Waals surface area contributed by atoms with Crippen molar-refractivity contribution in [3.8, 4) is 5.69 Å². The fraction of sp³-hybridized carbons (Fsp3) is 0.150. The number of hydrogen-bond donors (Lipinski definition) is 1. The Hall–Kier alpha value is -3.21. The Morgan fingerprint density at radius 1 is 1.08 bits per heavy atom. The van der Waals surface area contributed by atoms with Crippen LogP contribution in [0, 0.1) is 13.8 Å². The van der Waals surface area contributed by atoms with Crippen LogP contribution < -0.4 is 5.43 Å². The van der Waals surface area contributed by atoms with E-state index in [1.807, 2.05) is 69.3 Å². The van der Waals surface area contributed by atoms with E-state index >= 15 is 0 Å². The molecule has 0 fully saturated rings. The van der Waals surface area contributed by atoms with Crippen molar-refractivity contribution in [1.29, 1.82) is 0 Å². The minimum Gasteiger partial charge on any atom is -0.318 e. The third-order valence-corrected chi connectivity index (χ3v) is 4.11. The lowest BCUT2D eigenvalue weighted by Crippen LogP contribution is -2.20. The van der Waals surface area contributed by atoms with Gasteiger partial charge in [0.05, 0.1) is 11.3 Å². The van der Waals surface area contributed by atoms with Crippen LogP contribution in [0.4, 0.5) is 0 Å². The van der Waals surface area contributed by atoms with E-state index in [9.17, 15) is 4.79 Å². The van der Waals surface area contributed by atoms with Gasteiger partial charge >= 0.3 is 0 Å². The molecule has 0 spiro atoms. The summed E-state index contributed by atoms with van der Waals surface area (Å²) in [5, 5.41) is 4.20. The fourth-order valence-corrected chi connectivity index (χ4v) is 2.82. The number of carbonyl (C=O) groups is 1.